The molecule has 1 aliphatic rings. The molecule has 1 aliphatic carbocycles. The van der Waals surface area contributed by atoms with Crippen molar-refractivity contribution in [1.82, 2.24) is 5.32 Å². The van der Waals surface area contributed by atoms with Crippen molar-refractivity contribution in [2.75, 3.05) is 6.54 Å². The highest BCUT2D eigenvalue weighted by molar-refractivity contribution is 5.44. The summed E-state index contributed by atoms with van der Waals surface area (Å²) in [6.45, 7) is 10.3. The van der Waals surface area contributed by atoms with E-state index in [4.69, 9.17) is 0 Å². The second kappa shape index (κ2) is 4.81. The van der Waals surface area contributed by atoms with Gasteiger partial charge in [-0.2, -0.15) is 0 Å². The number of hydrogen-bond donors (Lipinski definition) is 1. The summed E-state index contributed by atoms with van der Waals surface area (Å²) in [7, 11) is 0. The minimum Gasteiger partial charge on any atom is -0.310 e. The van der Waals surface area contributed by atoms with Crippen LogP contribution in [-0.4, -0.2) is 6.54 Å². The average Bonchev–Trinajstić information content (AvgIpc) is 2.30. The van der Waals surface area contributed by atoms with Gasteiger partial charge in [-0.1, -0.05) is 45.9 Å². The molecule has 1 aromatic carbocycles. The van der Waals surface area contributed by atoms with Gasteiger partial charge in [-0.05, 0) is 47.9 Å². The van der Waals surface area contributed by atoms with Crippen LogP contribution in [-0.2, 0) is 11.8 Å². The lowest BCUT2D eigenvalue weighted by Gasteiger charge is -2.34. The Balaban J connectivity index is 2.17. The summed E-state index contributed by atoms with van der Waals surface area (Å²) in [6.07, 6.45) is 3.62. The largest absolute Gasteiger partial charge is 0.310 e. The van der Waals surface area contributed by atoms with Crippen LogP contribution in [0.15, 0.2) is 18.2 Å². The fourth-order valence-electron chi connectivity index (χ4n) is 2.43. The Labute approximate surface area is 106 Å². The van der Waals surface area contributed by atoms with E-state index in [1.807, 2.05) is 0 Å². The Bertz CT molecular complexity index is 393. The highest BCUT2D eigenvalue weighted by Crippen LogP contribution is 2.37. The molecular formula is C16H25N. The molecule has 0 radical (unpaired) electrons. The molecule has 0 saturated carbocycles. The lowest BCUT2D eigenvalue weighted by atomic mass is 9.76. The van der Waals surface area contributed by atoms with Crippen LogP contribution < -0.4 is 5.32 Å². The van der Waals surface area contributed by atoms with E-state index in [2.05, 4.69) is 51.2 Å². The van der Waals surface area contributed by atoms with Gasteiger partial charge >= 0.3 is 0 Å². The van der Waals surface area contributed by atoms with Crippen molar-refractivity contribution in [1.29, 1.82) is 0 Å². The van der Waals surface area contributed by atoms with Crippen molar-refractivity contribution in [2.24, 2.45) is 0 Å². The monoisotopic (exact) mass is 231 g/mol. The molecule has 1 aromatic rings. The number of nitrogens with one attached hydrogen (secondary N) is 1. The molecule has 0 amide bonds. The first-order chi connectivity index (χ1) is 8.08. The lowest BCUT2D eigenvalue weighted by molar-refractivity contribution is 0.471. The van der Waals surface area contributed by atoms with E-state index in [1.54, 1.807) is 0 Å². The maximum atomic E-state index is 3.62. The van der Waals surface area contributed by atoms with E-state index >= 15 is 0 Å². The molecule has 0 spiro atoms. The summed E-state index contributed by atoms with van der Waals surface area (Å²) < 4.78 is 0. The van der Waals surface area contributed by atoms with Crippen LogP contribution in [0.1, 0.15) is 63.3 Å². The molecule has 0 bridgehead atoms. The van der Waals surface area contributed by atoms with E-state index in [1.165, 1.54) is 36.0 Å². The molecule has 0 heterocycles. The molecule has 0 saturated heterocycles. The van der Waals surface area contributed by atoms with Crippen LogP contribution in [0.3, 0.4) is 0 Å². The second-order valence-corrected chi connectivity index (χ2v) is 5.86. The topological polar surface area (TPSA) is 12.0 Å². The molecule has 0 fully saturated rings. The lowest BCUT2D eigenvalue weighted by Crippen LogP contribution is -2.32. The average molecular weight is 231 g/mol. The first kappa shape index (κ1) is 12.6. The molecule has 0 aromatic heterocycles. The van der Waals surface area contributed by atoms with Crippen LogP contribution in [0.5, 0.6) is 0 Å². The third kappa shape index (κ3) is 2.40. The Morgan fingerprint density at radius 3 is 2.71 bits per heavy atom. The van der Waals surface area contributed by atoms with Crippen LogP contribution in [0, 0.1) is 0 Å². The first-order valence-electron chi connectivity index (χ1n) is 6.95. The fourth-order valence-corrected chi connectivity index (χ4v) is 2.43. The Morgan fingerprint density at radius 1 is 1.29 bits per heavy atom. The standard InChI is InChI=1S/C16H25N/c1-5-9-17-15-10-12-7-8-13(11-14(12)15)16(3,4)6-2/h7-8,11,15,17H,5-6,9-10H2,1-4H3. The molecule has 1 heteroatoms. The summed E-state index contributed by atoms with van der Waals surface area (Å²) in [5, 5.41) is 3.62. The van der Waals surface area contributed by atoms with Crippen LogP contribution >= 0.6 is 0 Å². The van der Waals surface area contributed by atoms with Gasteiger partial charge in [0.1, 0.15) is 0 Å². The molecular weight excluding hydrogens is 206 g/mol. The van der Waals surface area contributed by atoms with Gasteiger partial charge in [0.15, 0.2) is 0 Å². The summed E-state index contributed by atoms with van der Waals surface area (Å²) in [6, 6.07) is 7.68. The second-order valence-electron chi connectivity index (χ2n) is 5.86. The fraction of sp³-hybridized carbons (Fsp3) is 0.625. The molecule has 94 valence electrons. The molecule has 0 aliphatic heterocycles. The minimum atomic E-state index is 0.305. The van der Waals surface area contributed by atoms with Gasteiger partial charge in [-0.15, -0.1) is 0 Å². The molecule has 1 nitrogen and oxygen atoms in total. The summed E-state index contributed by atoms with van der Waals surface area (Å²) in [5.74, 6) is 0. The summed E-state index contributed by atoms with van der Waals surface area (Å²) >= 11 is 0. The smallest absolute Gasteiger partial charge is 0.0363 e. The highest BCUT2D eigenvalue weighted by Gasteiger charge is 2.28. The molecule has 1 N–H and O–H groups in total. The van der Waals surface area contributed by atoms with Crippen molar-refractivity contribution < 1.29 is 0 Å². The Hall–Kier alpha value is -0.820. The minimum absolute atomic E-state index is 0.305. The zero-order valence-electron chi connectivity index (χ0n) is 11.6. The van der Waals surface area contributed by atoms with Crippen molar-refractivity contribution in [3.63, 3.8) is 0 Å². The van der Waals surface area contributed by atoms with Crippen molar-refractivity contribution >= 4 is 0 Å². The zero-order chi connectivity index (χ0) is 12.5. The molecule has 1 atom stereocenters. The summed E-state index contributed by atoms with van der Waals surface area (Å²) in [4.78, 5) is 0. The molecule has 2 rings (SSSR count). The van der Waals surface area contributed by atoms with Gasteiger partial charge in [0.2, 0.25) is 0 Å². The third-order valence-electron chi connectivity index (χ3n) is 4.25. The maximum Gasteiger partial charge on any atom is 0.0363 e. The van der Waals surface area contributed by atoms with Gasteiger partial charge in [-0.25, -0.2) is 0 Å². The quantitative estimate of drug-likeness (QED) is 0.808. The van der Waals surface area contributed by atoms with E-state index in [9.17, 15) is 0 Å². The van der Waals surface area contributed by atoms with Crippen LogP contribution in [0.2, 0.25) is 0 Å². The summed E-state index contributed by atoms with van der Waals surface area (Å²) in [5.41, 5.74) is 4.87. The van der Waals surface area contributed by atoms with Gasteiger partial charge in [-0.3, -0.25) is 0 Å². The first-order valence-corrected chi connectivity index (χ1v) is 6.95. The van der Waals surface area contributed by atoms with Crippen molar-refractivity contribution in [3.8, 4) is 0 Å². The zero-order valence-corrected chi connectivity index (χ0v) is 11.6. The molecule has 1 unspecified atom stereocenters. The van der Waals surface area contributed by atoms with E-state index in [-0.39, 0.29) is 0 Å². The van der Waals surface area contributed by atoms with E-state index in [0.29, 0.717) is 11.5 Å². The van der Waals surface area contributed by atoms with Gasteiger partial charge in [0, 0.05) is 6.04 Å². The predicted molar refractivity (Wildman–Crippen MR) is 74.5 cm³/mol. The SMILES string of the molecule is CCCNC1Cc2ccc(C(C)(C)CC)cc21. The van der Waals surface area contributed by atoms with Crippen LogP contribution in [0.4, 0.5) is 0 Å². The Morgan fingerprint density at radius 2 is 2.06 bits per heavy atom. The number of benzene rings is 1. The van der Waals surface area contributed by atoms with Crippen molar-refractivity contribution in [3.05, 3.63) is 34.9 Å². The molecule has 17 heavy (non-hydrogen) atoms. The highest BCUT2D eigenvalue weighted by atomic mass is 14.9. The van der Waals surface area contributed by atoms with E-state index in [0.717, 1.165) is 6.54 Å². The number of rotatable bonds is 5. The third-order valence-corrected chi connectivity index (χ3v) is 4.25. The predicted octanol–water partition coefficient (Wildman–Crippen LogP) is 3.97. The number of fused-ring (bicyclic) bond motifs is 1. The van der Waals surface area contributed by atoms with E-state index < -0.39 is 0 Å². The van der Waals surface area contributed by atoms with Crippen LogP contribution in [0.25, 0.3) is 0 Å². The normalized spacial score (nSPS) is 18.7. The van der Waals surface area contributed by atoms with Gasteiger partial charge in [0.25, 0.3) is 0 Å². The number of hydrogen-bond acceptors (Lipinski definition) is 1. The van der Waals surface area contributed by atoms with Crippen molar-refractivity contribution in [2.45, 2.75) is 58.4 Å². The van der Waals surface area contributed by atoms with Gasteiger partial charge < -0.3 is 5.32 Å². The maximum absolute atomic E-state index is 3.62. The Kier molecular flexibility index (Phi) is 3.58. The van der Waals surface area contributed by atoms with Gasteiger partial charge in [0.05, 0.1) is 0 Å².